The van der Waals surface area contributed by atoms with Crippen molar-refractivity contribution in [3.8, 4) is 0 Å². The lowest BCUT2D eigenvalue weighted by Crippen LogP contribution is -2.42. The SMILES string of the molecule is Cc1cccc(CC(=O)N[C@H](CC(C)C)C(=O)O)c1Cl. The highest BCUT2D eigenvalue weighted by Crippen LogP contribution is 2.20. The Bertz CT molecular complexity index is 500. The van der Waals surface area contributed by atoms with Crippen LogP contribution < -0.4 is 5.32 Å². The van der Waals surface area contributed by atoms with Gasteiger partial charge in [-0.1, -0.05) is 43.6 Å². The van der Waals surface area contributed by atoms with E-state index in [0.29, 0.717) is 17.0 Å². The van der Waals surface area contributed by atoms with E-state index in [4.69, 9.17) is 16.7 Å². The van der Waals surface area contributed by atoms with Gasteiger partial charge in [0.15, 0.2) is 0 Å². The molecule has 0 bridgehead atoms. The van der Waals surface area contributed by atoms with Gasteiger partial charge in [-0.05, 0) is 30.4 Å². The standard InChI is InChI=1S/C15H20ClNO3/c1-9(2)7-12(15(19)20)17-13(18)8-11-6-4-5-10(3)14(11)16/h4-6,9,12H,7-8H2,1-3H3,(H,17,18)(H,19,20)/t12-/m1/s1. The van der Waals surface area contributed by atoms with E-state index in [1.165, 1.54) is 0 Å². The number of aryl methyl sites for hydroxylation is 1. The number of carbonyl (C=O) groups excluding carboxylic acids is 1. The lowest BCUT2D eigenvalue weighted by molar-refractivity contribution is -0.142. The Labute approximate surface area is 124 Å². The van der Waals surface area contributed by atoms with Gasteiger partial charge in [0.2, 0.25) is 5.91 Å². The monoisotopic (exact) mass is 297 g/mol. The minimum Gasteiger partial charge on any atom is -0.480 e. The minimum atomic E-state index is -1.01. The van der Waals surface area contributed by atoms with Gasteiger partial charge in [-0.15, -0.1) is 0 Å². The second-order valence-corrected chi connectivity index (χ2v) is 5.69. The zero-order valence-electron chi connectivity index (χ0n) is 11.9. The third-order valence-electron chi connectivity index (χ3n) is 2.96. The topological polar surface area (TPSA) is 66.4 Å². The molecule has 1 aromatic carbocycles. The number of nitrogens with one attached hydrogen (secondary N) is 1. The molecular weight excluding hydrogens is 278 g/mol. The number of amides is 1. The van der Waals surface area contributed by atoms with Crippen LogP contribution in [0, 0.1) is 12.8 Å². The quantitative estimate of drug-likeness (QED) is 0.848. The average Bonchev–Trinajstić information content (AvgIpc) is 2.33. The van der Waals surface area contributed by atoms with E-state index >= 15 is 0 Å². The first-order valence-electron chi connectivity index (χ1n) is 6.57. The third kappa shape index (κ3) is 4.85. The van der Waals surface area contributed by atoms with Crippen molar-refractivity contribution >= 4 is 23.5 Å². The maximum Gasteiger partial charge on any atom is 0.326 e. The normalized spacial score (nSPS) is 12.2. The highest BCUT2D eigenvalue weighted by Gasteiger charge is 2.21. The van der Waals surface area contributed by atoms with Crippen molar-refractivity contribution < 1.29 is 14.7 Å². The van der Waals surface area contributed by atoms with Gasteiger partial charge < -0.3 is 10.4 Å². The number of carboxylic acid groups (broad SMARTS) is 1. The summed E-state index contributed by atoms with van der Waals surface area (Å²) in [4.78, 5) is 23.0. The van der Waals surface area contributed by atoms with Gasteiger partial charge >= 0.3 is 5.97 Å². The molecular formula is C15H20ClNO3. The molecule has 110 valence electrons. The Morgan fingerprint density at radius 3 is 2.55 bits per heavy atom. The predicted molar refractivity (Wildman–Crippen MR) is 78.9 cm³/mol. The van der Waals surface area contributed by atoms with E-state index in [1.807, 2.05) is 32.9 Å². The van der Waals surface area contributed by atoms with Gasteiger partial charge in [-0.25, -0.2) is 4.79 Å². The molecule has 0 aromatic heterocycles. The van der Waals surface area contributed by atoms with E-state index in [0.717, 1.165) is 5.56 Å². The summed E-state index contributed by atoms with van der Waals surface area (Å²) in [5.41, 5.74) is 1.60. The van der Waals surface area contributed by atoms with Gasteiger partial charge in [-0.3, -0.25) is 4.79 Å². The lowest BCUT2D eigenvalue weighted by atomic mass is 10.0. The van der Waals surface area contributed by atoms with Crippen LogP contribution >= 0.6 is 11.6 Å². The van der Waals surface area contributed by atoms with E-state index < -0.39 is 12.0 Å². The molecule has 0 saturated heterocycles. The fraction of sp³-hybridized carbons (Fsp3) is 0.467. The second kappa shape index (κ2) is 7.29. The van der Waals surface area contributed by atoms with Crippen LogP contribution in [0.25, 0.3) is 0 Å². The van der Waals surface area contributed by atoms with Crippen LogP contribution in [0.4, 0.5) is 0 Å². The van der Waals surface area contributed by atoms with E-state index in [2.05, 4.69) is 5.32 Å². The maximum absolute atomic E-state index is 11.9. The van der Waals surface area contributed by atoms with Crippen molar-refractivity contribution in [2.24, 2.45) is 5.92 Å². The van der Waals surface area contributed by atoms with Crippen molar-refractivity contribution in [1.82, 2.24) is 5.32 Å². The zero-order valence-corrected chi connectivity index (χ0v) is 12.7. The molecule has 20 heavy (non-hydrogen) atoms. The summed E-state index contributed by atoms with van der Waals surface area (Å²) in [7, 11) is 0. The molecule has 0 unspecified atom stereocenters. The van der Waals surface area contributed by atoms with Gasteiger partial charge in [0.25, 0.3) is 0 Å². The molecule has 4 nitrogen and oxygen atoms in total. The molecule has 0 heterocycles. The summed E-state index contributed by atoms with van der Waals surface area (Å²) in [6.45, 7) is 5.70. The Kier molecular flexibility index (Phi) is 6.02. The number of aliphatic carboxylic acids is 1. The molecule has 0 aliphatic rings. The number of hydrogen-bond acceptors (Lipinski definition) is 2. The molecule has 2 N–H and O–H groups in total. The van der Waals surface area contributed by atoms with Gasteiger partial charge in [-0.2, -0.15) is 0 Å². The van der Waals surface area contributed by atoms with Crippen molar-refractivity contribution in [2.45, 2.75) is 39.7 Å². The zero-order chi connectivity index (χ0) is 15.3. The second-order valence-electron chi connectivity index (χ2n) is 5.31. The molecule has 1 rings (SSSR count). The molecule has 0 saturated carbocycles. The Hall–Kier alpha value is -1.55. The molecule has 5 heteroatoms. The number of carboxylic acids is 1. The van der Waals surface area contributed by atoms with Gasteiger partial charge in [0.1, 0.15) is 6.04 Å². The first-order chi connectivity index (χ1) is 9.31. The third-order valence-corrected chi connectivity index (χ3v) is 3.50. The molecule has 0 aliphatic heterocycles. The molecule has 1 amide bonds. The smallest absolute Gasteiger partial charge is 0.326 e. The van der Waals surface area contributed by atoms with Crippen LogP contribution in [-0.2, 0) is 16.0 Å². The van der Waals surface area contributed by atoms with Gasteiger partial charge in [0.05, 0.1) is 6.42 Å². The van der Waals surface area contributed by atoms with Crippen LogP contribution in [0.15, 0.2) is 18.2 Å². The largest absolute Gasteiger partial charge is 0.480 e. The summed E-state index contributed by atoms with van der Waals surface area (Å²) in [6.07, 6.45) is 0.491. The molecule has 0 aliphatic carbocycles. The highest BCUT2D eigenvalue weighted by atomic mass is 35.5. The Balaban J connectivity index is 2.71. The van der Waals surface area contributed by atoms with E-state index in [-0.39, 0.29) is 18.2 Å². The summed E-state index contributed by atoms with van der Waals surface area (Å²) in [6, 6.07) is 4.61. The van der Waals surface area contributed by atoms with Gasteiger partial charge in [0, 0.05) is 5.02 Å². The first kappa shape index (κ1) is 16.5. The van der Waals surface area contributed by atoms with Crippen molar-refractivity contribution in [2.75, 3.05) is 0 Å². The van der Waals surface area contributed by atoms with Crippen LogP contribution in [0.2, 0.25) is 5.02 Å². The van der Waals surface area contributed by atoms with Crippen molar-refractivity contribution in [1.29, 1.82) is 0 Å². The Morgan fingerprint density at radius 2 is 2.00 bits per heavy atom. The number of carbonyl (C=O) groups is 2. The minimum absolute atomic E-state index is 0.0857. The van der Waals surface area contributed by atoms with Crippen molar-refractivity contribution in [3.63, 3.8) is 0 Å². The molecule has 0 radical (unpaired) electrons. The average molecular weight is 298 g/mol. The number of hydrogen-bond donors (Lipinski definition) is 2. The number of halogens is 1. The van der Waals surface area contributed by atoms with Crippen molar-refractivity contribution in [3.05, 3.63) is 34.3 Å². The fourth-order valence-corrected chi connectivity index (χ4v) is 2.15. The molecule has 1 aromatic rings. The maximum atomic E-state index is 11.9. The number of rotatable bonds is 6. The highest BCUT2D eigenvalue weighted by molar-refractivity contribution is 6.32. The fourth-order valence-electron chi connectivity index (χ4n) is 1.96. The molecule has 1 atom stereocenters. The summed E-state index contributed by atoms with van der Waals surface area (Å²) < 4.78 is 0. The lowest BCUT2D eigenvalue weighted by Gasteiger charge is -2.16. The van der Waals surface area contributed by atoms with Crippen LogP contribution in [0.1, 0.15) is 31.4 Å². The Morgan fingerprint density at radius 1 is 1.35 bits per heavy atom. The summed E-state index contributed by atoms with van der Waals surface area (Å²) in [5.74, 6) is -1.15. The predicted octanol–water partition coefficient (Wildman–Crippen LogP) is 2.81. The van der Waals surface area contributed by atoms with E-state index in [9.17, 15) is 9.59 Å². The van der Waals surface area contributed by atoms with Crippen LogP contribution in [-0.4, -0.2) is 23.0 Å². The molecule has 0 fully saturated rings. The number of benzene rings is 1. The molecule has 0 spiro atoms. The van der Waals surface area contributed by atoms with E-state index in [1.54, 1.807) is 6.07 Å². The summed E-state index contributed by atoms with van der Waals surface area (Å²) >= 11 is 6.12. The van der Waals surface area contributed by atoms with Crippen LogP contribution in [0.5, 0.6) is 0 Å². The van der Waals surface area contributed by atoms with Crippen LogP contribution in [0.3, 0.4) is 0 Å². The first-order valence-corrected chi connectivity index (χ1v) is 6.95. The summed E-state index contributed by atoms with van der Waals surface area (Å²) in [5, 5.41) is 12.2.